The van der Waals surface area contributed by atoms with Gasteiger partial charge in [0, 0.05) is 5.69 Å². The number of hydrogen-bond acceptors (Lipinski definition) is 4. The third kappa shape index (κ3) is 3.82. The summed E-state index contributed by atoms with van der Waals surface area (Å²) in [6.07, 6.45) is 0. The maximum absolute atomic E-state index is 12.7. The summed E-state index contributed by atoms with van der Waals surface area (Å²) in [5.41, 5.74) is 2.24. The van der Waals surface area contributed by atoms with Crippen molar-refractivity contribution in [1.29, 1.82) is 0 Å². The quantitative estimate of drug-likeness (QED) is 0.906. The van der Waals surface area contributed by atoms with Gasteiger partial charge in [0.25, 0.3) is 10.0 Å². The van der Waals surface area contributed by atoms with Crippen molar-refractivity contribution in [2.45, 2.75) is 38.5 Å². The molecule has 0 aliphatic rings. The fourth-order valence-electron chi connectivity index (χ4n) is 2.39. The van der Waals surface area contributed by atoms with Crippen molar-refractivity contribution in [3.8, 4) is 5.75 Å². The number of rotatable bonds is 5. The van der Waals surface area contributed by atoms with E-state index >= 15 is 0 Å². The highest BCUT2D eigenvalue weighted by Crippen LogP contribution is 2.32. The van der Waals surface area contributed by atoms with Crippen LogP contribution in [0.1, 0.15) is 36.6 Å². The van der Waals surface area contributed by atoms with Gasteiger partial charge >= 0.3 is 0 Å². The highest BCUT2D eigenvalue weighted by Gasteiger charge is 2.21. The molecule has 0 spiro atoms. The average molecular weight is 334 g/mol. The molecule has 1 N–H and O–H groups in total. The van der Waals surface area contributed by atoms with Gasteiger partial charge in [-0.3, -0.25) is 4.72 Å². The highest BCUT2D eigenvalue weighted by atomic mass is 32.2. The van der Waals surface area contributed by atoms with E-state index in [1.54, 1.807) is 38.3 Å². The van der Waals surface area contributed by atoms with E-state index in [0.717, 1.165) is 11.3 Å². The van der Waals surface area contributed by atoms with Crippen LogP contribution in [0.4, 0.5) is 5.82 Å². The molecule has 0 unspecified atom stereocenters. The van der Waals surface area contributed by atoms with E-state index in [1.165, 1.54) is 0 Å². The number of hydrogen-bond donors (Lipinski definition) is 1. The van der Waals surface area contributed by atoms with E-state index in [4.69, 9.17) is 4.74 Å². The molecule has 1 aromatic heterocycles. The molecule has 0 aliphatic carbocycles. The topological polar surface area (TPSA) is 68.3 Å². The lowest BCUT2D eigenvalue weighted by molar-refractivity contribution is 0.406. The zero-order valence-corrected chi connectivity index (χ0v) is 14.9. The Morgan fingerprint density at radius 2 is 1.87 bits per heavy atom. The molecule has 1 heterocycles. The molecule has 2 rings (SSSR count). The van der Waals surface area contributed by atoms with Gasteiger partial charge in [0.15, 0.2) is 0 Å². The molecule has 6 heteroatoms. The average Bonchev–Trinajstić information content (AvgIpc) is 2.45. The fourth-order valence-corrected chi connectivity index (χ4v) is 3.65. The van der Waals surface area contributed by atoms with Crippen LogP contribution >= 0.6 is 0 Å². The first-order chi connectivity index (χ1) is 10.7. The van der Waals surface area contributed by atoms with Crippen LogP contribution in [0.2, 0.25) is 0 Å². The number of aryl methyl sites for hydroxylation is 2. The van der Waals surface area contributed by atoms with Gasteiger partial charge in [-0.25, -0.2) is 13.4 Å². The molecule has 0 fully saturated rings. The summed E-state index contributed by atoms with van der Waals surface area (Å²) < 4.78 is 33.3. The van der Waals surface area contributed by atoms with Crippen LogP contribution in [0.5, 0.6) is 5.75 Å². The number of anilines is 1. The zero-order valence-electron chi connectivity index (χ0n) is 14.0. The number of ether oxygens (including phenoxy) is 1. The summed E-state index contributed by atoms with van der Waals surface area (Å²) in [6.45, 7) is 7.57. The van der Waals surface area contributed by atoms with E-state index in [2.05, 4.69) is 9.71 Å². The fraction of sp³-hybridized carbons (Fsp3) is 0.353. The Morgan fingerprint density at radius 3 is 2.43 bits per heavy atom. The third-order valence-corrected chi connectivity index (χ3v) is 5.06. The van der Waals surface area contributed by atoms with Crippen LogP contribution in [-0.2, 0) is 10.0 Å². The first-order valence-electron chi connectivity index (χ1n) is 7.39. The van der Waals surface area contributed by atoms with Gasteiger partial charge in [0.1, 0.15) is 11.6 Å². The Bertz CT molecular complexity index is 815. The largest absolute Gasteiger partial charge is 0.496 e. The molecule has 23 heavy (non-hydrogen) atoms. The summed E-state index contributed by atoms with van der Waals surface area (Å²) >= 11 is 0. The molecule has 0 saturated heterocycles. The summed E-state index contributed by atoms with van der Waals surface area (Å²) in [6, 6.07) is 8.64. The molecule has 0 amide bonds. The van der Waals surface area contributed by atoms with Crippen molar-refractivity contribution >= 4 is 15.8 Å². The SMILES string of the molecule is COc1cc(C)c(S(=O)(=O)Nc2cccc(C)n2)cc1C(C)C. The van der Waals surface area contributed by atoms with E-state index in [-0.39, 0.29) is 10.8 Å². The van der Waals surface area contributed by atoms with Gasteiger partial charge in [-0.05, 0) is 55.2 Å². The van der Waals surface area contributed by atoms with Crippen LogP contribution < -0.4 is 9.46 Å². The summed E-state index contributed by atoms with van der Waals surface area (Å²) in [7, 11) is -2.12. The number of pyridine rings is 1. The molecule has 0 radical (unpaired) electrons. The lowest BCUT2D eigenvalue weighted by atomic mass is 10.0. The monoisotopic (exact) mass is 334 g/mol. The van der Waals surface area contributed by atoms with Gasteiger partial charge in [0.2, 0.25) is 0 Å². The minimum Gasteiger partial charge on any atom is -0.496 e. The maximum Gasteiger partial charge on any atom is 0.263 e. The molecule has 0 aliphatic heterocycles. The Labute approximate surface area is 137 Å². The normalized spacial score (nSPS) is 11.6. The van der Waals surface area contributed by atoms with Gasteiger partial charge in [-0.2, -0.15) is 0 Å². The van der Waals surface area contributed by atoms with Crippen molar-refractivity contribution in [2.24, 2.45) is 0 Å². The van der Waals surface area contributed by atoms with Crippen molar-refractivity contribution in [3.05, 3.63) is 47.2 Å². The number of nitrogens with zero attached hydrogens (tertiary/aromatic N) is 1. The van der Waals surface area contributed by atoms with Crippen molar-refractivity contribution in [2.75, 3.05) is 11.8 Å². The molecular weight excluding hydrogens is 312 g/mol. The van der Waals surface area contributed by atoms with E-state index in [1.807, 2.05) is 26.8 Å². The first-order valence-corrected chi connectivity index (χ1v) is 8.88. The van der Waals surface area contributed by atoms with Crippen LogP contribution in [0.3, 0.4) is 0 Å². The molecule has 1 aromatic carbocycles. The number of methoxy groups -OCH3 is 1. The summed E-state index contributed by atoms with van der Waals surface area (Å²) in [5.74, 6) is 1.16. The minimum atomic E-state index is -3.71. The van der Waals surface area contributed by atoms with Gasteiger partial charge in [-0.15, -0.1) is 0 Å². The van der Waals surface area contributed by atoms with Gasteiger partial charge < -0.3 is 4.74 Å². The Kier molecular flexibility index (Phi) is 4.94. The summed E-state index contributed by atoms with van der Waals surface area (Å²) in [5, 5.41) is 0. The number of sulfonamides is 1. The number of benzene rings is 1. The smallest absolute Gasteiger partial charge is 0.263 e. The third-order valence-electron chi connectivity index (χ3n) is 3.57. The second-order valence-corrected chi connectivity index (χ2v) is 7.43. The van der Waals surface area contributed by atoms with Crippen LogP contribution in [0.25, 0.3) is 0 Å². The van der Waals surface area contributed by atoms with Gasteiger partial charge in [0.05, 0.1) is 12.0 Å². The van der Waals surface area contributed by atoms with E-state index < -0.39 is 10.0 Å². The highest BCUT2D eigenvalue weighted by molar-refractivity contribution is 7.92. The van der Waals surface area contributed by atoms with Crippen molar-refractivity contribution < 1.29 is 13.2 Å². The van der Waals surface area contributed by atoms with Crippen LogP contribution in [0.15, 0.2) is 35.2 Å². The second kappa shape index (κ2) is 6.58. The molecular formula is C17H22N2O3S. The van der Waals surface area contributed by atoms with Crippen LogP contribution in [0, 0.1) is 13.8 Å². The predicted molar refractivity (Wildman–Crippen MR) is 91.6 cm³/mol. The van der Waals surface area contributed by atoms with E-state index in [0.29, 0.717) is 17.1 Å². The van der Waals surface area contributed by atoms with Crippen LogP contribution in [-0.4, -0.2) is 20.5 Å². The number of nitrogens with one attached hydrogen (secondary N) is 1. The maximum atomic E-state index is 12.7. The minimum absolute atomic E-state index is 0.150. The molecule has 0 bridgehead atoms. The summed E-state index contributed by atoms with van der Waals surface area (Å²) in [4.78, 5) is 4.43. The second-order valence-electron chi connectivity index (χ2n) is 5.78. The molecule has 0 saturated carbocycles. The molecule has 2 aromatic rings. The Hall–Kier alpha value is -2.08. The Balaban J connectivity index is 2.49. The van der Waals surface area contributed by atoms with Crippen molar-refractivity contribution in [1.82, 2.24) is 4.98 Å². The van der Waals surface area contributed by atoms with E-state index in [9.17, 15) is 8.42 Å². The lowest BCUT2D eigenvalue weighted by Crippen LogP contribution is -2.16. The zero-order chi connectivity index (χ0) is 17.2. The van der Waals surface area contributed by atoms with Gasteiger partial charge in [-0.1, -0.05) is 19.9 Å². The lowest BCUT2D eigenvalue weighted by Gasteiger charge is -2.16. The number of aromatic nitrogens is 1. The van der Waals surface area contributed by atoms with Crippen molar-refractivity contribution in [3.63, 3.8) is 0 Å². The standard InChI is InChI=1S/C17H22N2O3S/c1-11(2)14-10-16(12(3)9-15(14)22-5)23(20,21)19-17-8-6-7-13(4)18-17/h6-11H,1-5H3,(H,18,19). The molecule has 0 atom stereocenters. The first kappa shape index (κ1) is 17.3. The molecule has 124 valence electrons. The Morgan fingerprint density at radius 1 is 1.17 bits per heavy atom. The predicted octanol–water partition coefficient (Wildman–Crippen LogP) is 3.63. The molecule has 5 nitrogen and oxygen atoms in total.